The Hall–Kier alpha value is -1.45. The van der Waals surface area contributed by atoms with E-state index in [-0.39, 0.29) is 0 Å². The molecule has 136 valence electrons. The van der Waals surface area contributed by atoms with Crippen LogP contribution in [-0.4, -0.2) is 52.3 Å². The molecule has 1 saturated heterocycles. The Morgan fingerprint density at radius 1 is 0.826 bits per heavy atom. The minimum Gasteiger partial charge on any atom is -0.477 e. The molecule has 0 spiro atoms. The van der Waals surface area contributed by atoms with Gasteiger partial charge in [0, 0.05) is 0 Å². The van der Waals surface area contributed by atoms with Gasteiger partial charge in [0.1, 0.15) is 0 Å². The van der Waals surface area contributed by atoms with Crippen molar-refractivity contribution in [3.63, 3.8) is 0 Å². The molecule has 23 heavy (non-hydrogen) atoms. The number of carbonyl (C=O) groups is 1. The third-order valence-electron chi connectivity index (χ3n) is 2.45. The first-order chi connectivity index (χ1) is 9.77. The molecule has 1 aliphatic rings. The number of aliphatic carboxylic acids is 1. The highest BCUT2D eigenvalue weighted by atomic mass is 19.4. The molecule has 0 aliphatic carbocycles. The highest BCUT2D eigenvalue weighted by Gasteiger charge is 2.90. The summed E-state index contributed by atoms with van der Waals surface area (Å²) in [6.07, 6.45) is -13.6. The second kappa shape index (κ2) is 4.55. The molecule has 1 heterocycles. The number of alkyl halides is 12. The van der Waals surface area contributed by atoms with Gasteiger partial charge in [-0.3, -0.25) is 0 Å². The average Bonchev–Trinajstić information content (AvgIpc) is 2.23. The van der Waals surface area contributed by atoms with Crippen LogP contribution in [0.5, 0.6) is 0 Å². The molecule has 0 unspecified atom stereocenters. The zero-order valence-corrected chi connectivity index (χ0v) is 9.75. The van der Waals surface area contributed by atoms with Crippen LogP contribution in [0, 0.1) is 0 Å². The van der Waals surface area contributed by atoms with E-state index in [1.54, 1.807) is 4.74 Å². The van der Waals surface area contributed by atoms with Crippen molar-refractivity contribution in [2.45, 2.75) is 36.3 Å². The number of halogens is 12. The van der Waals surface area contributed by atoms with Gasteiger partial charge in [0.05, 0.1) is 0 Å². The second-order valence-corrected chi connectivity index (χ2v) is 3.97. The minimum absolute atomic E-state index is 1.76. The predicted molar refractivity (Wildman–Crippen MR) is 40.2 cm³/mol. The minimum atomic E-state index is -7.37. The van der Waals surface area contributed by atoms with Crippen LogP contribution in [0.15, 0.2) is 0 Å². The first kappa shape index (κ1) is 19.6. The lowest BCUT2D eigenvalue weighted by Crippen LogP contribution is -2.80. The molecule has 4 nitrogen and oxygen atoms in total. The van der Waals surface area contributed by atoms with Gasteiger partial charge < -0.3 is 5.11 Å². The molecule has 0 aromatic heterocycles. The van der Waals surface area contributed by atoms with Gasteiger partial charge in [0.15, 0.2) is 0 Å². The molecule has 0 atom stereocenters. The lowest BCUT2D eigenvalue weighted by Gasteiger charge is -2.49. The van der Waals surface area contributed by atoms with Crippen LogP contribution in [0.4, 0.5) is 52.7 Å². The first-order valence-corrected chi connectivity index (χ1v) is 4.77. The molecular weight excluding hydrogens is 374 g/mol. The summed E-state index contributed by atoms with van der Waals surface area (Å²) in [4.78, 5) is 6.03. The van der Waals surface area contributed by atoms with E-state index in [0.717, 1.165) is 0 Å². The number of ether oxygens (including phenoxy) is 1. The van der Waals surface area contributed by atoms with Crippen molar-refractivity contribution in [3.05, 3.63) is 0 Å². The van der Waals surface area contributed by atoms with Gasteiger partial charge in [-0.15, -0.1) is 0 Å². The van der Waals surface area contributed by atoms with Crippen molar-refractivity contribution in [2.75, 3.05) is 0 Å². The van der Waals surface area contributed by atoms with E-state index in [4.69, 9.17) is 5.11 Å². The van der Waals surface area contributed by atoms with Gasteiger partial charge in [-0.2, -0.15) is 52.7 Å². The molecule has 1 rings (SSSR count). The van der Waals surface area contributed by atoms with E-state index in [0.29, 0.717) is 0 Å². The van der Waals surface area contributed by atoms with Crippen LogP contribution in [0.3, 0.4) is 0 Å². The summed E-state index contributed by atoms with van der Waals surface area (Å²) in [7, 11) is 0. The van der Waals surface area contributed by atoms with Crippen molar-refractivity contribution >= 4 is 5.97 Å². The van der Waals surface area contributed by atoms with Crippen LogP contribution in [0.2, 0.25) is 0 Å². The monoisotopic (exact) mass is 375 g/mol. The summed E-state index contributed by atoms with van der Waals surface area (Å²) >= 11 is 0. The summed E-state index contributed by atoms with van der Waals surface area (Å²) in [6.45, 7) is 0. The van der Waals surface area contributed by atoms with Crippen LogP contribution in [0.25, 0.3) is 0 Å². The van der Waals surface area contributed by atoms with E-state index < -0.39 is 47.1 Å². The zero-order valence-electron chi connectivity index (χ0n) is 9.75. The number of hydrogen-bond acceptors (Lipinski definition) is 3. The molecule has 0 radical (unpaired) electrons. The maximum absolute atomic E-state index is 13.1. The molecule has 0 amide bonds. The fraction of sp³-hybridized carbons (Fsp3) is 0.857. The van der Waals surface area contributed by atoms with Crippen LogP contribution in [0.1, 0.15) is 0 Å². The second-order valence-electron chi connectivity index (χ2n) is 3.97. The fourth-order valence-electron chi connectivity index (χ4n) is 1.34. The Bertz CT molecular complexity index is 491. The van der Waals surface area contributed by atoms with Gasteiger partial charge >= 0.3 is 42.2 Å². The molecule has 1 fully saturated rings. The fourth-order valence-corrected chi connectivity index (χ4v) is 1.34. The molecule has 0 aromatic rings. The summed E-state index contributed by atoms with van der Waals surface area (Å²) in [6, 6.07) is -21.6. The smallest absolute Gasteiger partial charge is 0.439 e. The standard InChI is InChI=1S/C7HF12NO3/c8-2(9,1(21)22)3(10,11)20-4(12,13)6(16,17)23-7(18,19)5(20,14)15/h(H,21,22). The number of nitrogens with zero attached hydrogens (tertiary/aromatic N) is 1. The number of carboxylic acids is 1. The van der Waals surface area contributed by atoms with Gasteiger partial charge in [-0.05, 0) is 0 Å². The maximum atomic E-state index is 13.1. The number of morpholine rings is 1. The molecule has 16 heteroatoms. The van der Waals surface area contributed by atoms with Gasteiger partial charge in [0.2, 0.25) is 0 Å². The quantitative estimate of drug-likeness (QED) is 0.609. The van der Waals surface area contributed by atoms with Gasteiger partial charge in [0.25, 0.3) is 0 Å². The van der Waals surface area contributed by atoms with Crippen molar-refractivity contribution in [3.8, 4) is 0 Å². The Labute approximate surface area is 116 Å². The van der Waals surface area contributed by atoms with Gasteiger partial charge in [-0.25, -0.2) is 9.53 Å². The third kappa shape index (κ3) is 2.29. The highest BCUT2D eigenvalue weighted by Crippen LogP contribution is 2.60. The molecule has 0 aromatic carbocycles. The van der Waals surface area contributed by atoms with E-state index in [1.165, 1.54) is 0 Å². The molecule has 1 aliphatic heterocycles. The summed E-state index contributed by atoms with van der Waals surface area (Å²) < 4.78 is 156. The lowest BCUT2D eigenvalue weighted by atomic mass is 10.2. The van der Waals surface area contributed by atoms with Crippen molar-refractivity contribution < 1.29 is 67.3 Å². The largest absolute Gasteiger partial charge is 0.477 e. The molecule has 0 saturated carbocycles. The van der Waals surface area contributed by atoms with Crippen LogP contribution < -0.4 is 0 Å². The van der Waals surface area contributed by atoms with Crippen molar-refractivity contribution in [2.24, 2.45) is 0 Å². The number of rotatable bonds is 3. The Kier molecular flexibility index (Phi) is 3.88. The van der Waals surface area contributed by atoms with Crippen LogP contribution >= 0.6 is 0 Å². The Balaban J connectivity index is 3.71. The van der Waals surface area contributed by atoms with E-state index >= 15 is 0 Å². The normalized spacial score (nSPS) is 26.8. The zero-order chi connectivity index (χ0) is 18.9. The van der Waals surface area contributed by atoms with Crippen molar-refractivity contribution in [1.82, 2.24) is 4.90 Å². The van der Waals surface area contributed by atoms with E-state index in [2.05, 4.69) is 0 Å². The van der Waals surface area contributed by atoms with Crippen molar-refractivity contribution in [1.29, 1.82) is 0 Å². The third-order valence-corrected chi connectivity index (χ3v) is 2.45. The number of carboxylic acid groups (broad SMARTS) is 1. The lowest BCUT2D eigenvalue weighted by molar-refractivity contribution is -0.591. The maximum Gasteiger partial charge on any atom is 0.439 e. The van der Waals surface area contributed by atoms with Crippen LogP contribution in [-0.2, 0) is 9.53 Å². The van der Waals surface area contributed by atoms with Gasteiger partial charge in [-0.1, -0.05) is 4.90 Å². The average molecular weight is 375 g/mol. The van der Waals surface area contributed by atoms with E-state index in [1.807, 2.05) is 0 Å². The molecule has 1 N–H and O–H groups in total. The first-order valence-electron chi connectivity index (χ1n) is 4.77. The SMILES string of the molecule is O=C(O)C(F)(F)C(F)(F)N1C(F)(F)C(F)(F)OC(F)(F)C1(F)F. The summed E-state index contributed by atoms with van der Waals surface area (Å²) in [5, 5.41) is 7.76. The topological polar surface area (TPSA) is 49.8 Å². The highest BCUT2D eigenvalue weighted by molar-refractivity contribution is 5.76. The Morgan fingerprint density at radius 3 is 1.39 bits per heavy atom. The Morgan fingerprint density at radius 2 is 1.13 bits per heavy atom. The molecule has 0 bridgehead atoms. The number of hydrogen-bond donors (Lipinski definition) is 1. The predicted octanol–water partition coefficient (Wildman–Crippen LogP) is 3.00. The molecular formula is C7HF12NO3. The summed E-state index contributed by atoms with van der Waals surface area (Å²) in [5.74, 6) is -10.9. The van der Waals surface area contributed by atoms with E-state index in [9.17, 15) is 57.5 Å². The summed E-state index contributed by atoms with van der Waals surface area (Å²) in [5.41, 5.74) is 0.